The van der Waals surface area contributed by atoms with Crippen LogP contribution >= 0.6 is 11.3 Å². The molecule has 3 nitrogen and oxygen atoms in total. The van der Waals surface area contributed by atoms with E-state index in [4.69, 9.17) is 0 Å². The molecular weight excluding hydrogens is 268 g/mol. The molecular formula is C16H18N2OS. The van der Waals surface area contributed by atoms with Crippen LogP contribution in [0.5, 0.6) is 0 Å². The molecule has 0 bridgehead atoms. The number of hydrogen-bond acceptors (Lipinski definition) is 3. The smallest absolute Gasteiger partial charge is 0.257 e. The van der Waals surface area contributed by atoms with Crippen LogP contribution in [-0.4, -0.2) is 10.9 Å². The van der Waals surface area contributed by atoms with Crippen LogP contribution in [0.15, 0.2) is 18.2 Å². The van der Waals surface area contributed by atoms with Gasteiger partial charge in [0.05, 0.1) is 5.69 Å². The van der Waals surface area contributed by atoms with Crippen molar-refractivity contribution >= 4 is 22.4 Å². The zero-order chi connectivity index (χ0) is 14.1. The summed E-state index contributed by atoms with van der Waals surface area (Å²) in [6, 6.07) is 5.88. The molecule has 1 aliphatic carbocycles. The van der Waals surface area contributed by atoms with Gasteiger partial charge in [0, 0.05) is 10.4 Å². The van der Waals surface area contributed by atoms with Crippen LogP contribution in [-0.2, 0) is 12.8 Å². The molecule has 0 radical (unpaired) electrons. The molecule has 0 saturated heterocycles. The monoisotopic (exact) mass is 286 g/mol. The Morgan fingerprint density at radius 3 is 2.80 bits per heavy atom. The van der Waals surface area contributed by atoms with Crippen molar-refractivity contribution in [2.24, 2.45) is 0 Å². The average molecular weight is 286 g/mol. The summed E-state index contributed by atoms with van der Waals surface area (Å²) in [5.74, 6) is -0.0615. The van der Waals surface area contributed by atoms with Crippen molar-refractivity contribution in [2.75, 3.05) is 5.32 Å². The molecule has 0 fully saturated rings. The SMILES string of the molecule is Cc1ccc(C(=O)Nc2nc3c(s2)CCCC3)c(C)c1. The van der Waals surface area contributed by atoms with E-state index in [1.54, 1.807) is 11.3 Å². The summed E-state index contributed by atoms with van der Waals surface area (Å²) in [5.41, 5.74) is 4.08. The Bertz CT molecular complexity index is 637. The first-order valence-electron chi connectivity index (χ1n) is 7.00. The Morgan fingerprint density at radius 1 is 1.25 bits per heavy atom. The minimum absolute atomic E-state index is 0.0615. The third-order valence-corrected chi connectivity index (χ3v) is 4.77. The first-order valence-corrected chi connectivity index (χ1v) is 7.82. The van der Waals surface area contributed by atoms with E-state index in [1.165, 1.54) is 29.0 Å². The molecule has 1 heterocycles. The zero-order valence-electron chi connectivity index (χ0n) is 11.8. The predicted molar refractivity (Wildman–Crippen MR) is 82.6 cm³/mol. The highest BCUT2D eigenvalue weighted by Crippen LogP contribution is 2.29. The molecule has 0 atom stereocenters. The quantitative estimate of drug-likeness (QED) is 0.910. The van der Waals surface area contributed by atoms with E-state index in [-0.39, 0.29) is 5.91 Å². The summed E-state index contributed by atoms with van der Waals surface area (Å²) in [5, 5.41) is 3.68. The molecule has 2 aromatic rings. The van der Waals surface area contributed by atoms with Gasteiger partial charge in [0.25, 0.3) is 5.91 Å². The first-order chi connectivity index (χ1) is 9.63. The van der Waals surface area contributed by atoms with E-state index in [1.807, 2.05) is 32.0 Å². The van der Waals surface area contributed by atoms with Crippen molar-refractivity contribution in [3.63, 3.8) is 0 Å². The standard InChI is InChI=1S/C16H18N2OS/c1-10-7-8-12(11(2)9-10)15(19)18-16-17-13-5-3-4-6-14(13)20-16/h7-9H,3-6H2,1-2H3,(H,17,18,19). The average Bonchev–Trinajstić information content (AvgIpc) is 2.80. The first kappa shape index (κ1) is 13.3. The number of carbonyl (C=O) groups excluding carboxylic acids is 1. The lowest BCUT2D eigenvalue weighted by Gasteiger charge is -2.06. The van der Waals surface area contributed by atoms with Gasteiger partial charge in [-0.2, -0.15) is 0 Å². The predicted octanol–water partition coefficient (Wildman–Crippen LogP) is 3.89. The number of fused-ring (bicyclic) bond motifs is 1. The van der Waals surface area contributed by atoms with Gasteiger partial charge in [-0.25, -0.2) is 4.98 Å². The maximum atomic E-state index is 12.3. The summed E-state index contributed by atoms with van der Waals surface area (Å²) in [7, 11) is 0. The fourth-order valence-electron chi connectivity index (χ4n) is 2.64. The Kier molecular flexibility index (Phi) is 3.57. The van der Waals surface area contributed by atoms with Gasteiger partial charge in [-0.3, -0.25) is 10.1 Å². The van der Waals surface area contributed by atoms with Crippen molar-refractivity contribution in [1.29, 1.82) is 0 Å². The van der Waals surface area contributed by atoms with Gasteiger partial charge in [0.15, 0.2) is 5.13 Å². The number of rotatable bonds is 2. The highest BCUT2D eigenvalue weighted by Gasteiger charge is 2.17. The van der Waals surface area contributed by atoms with Gasteiger partial charge in [-0.1, -0.05) is 17.7 Å². The van der Waals surface area contributed by atoms with Crippen molar-refractivity contribution in [2.45, 2.75) is 39.5 Å². The zero-order valence-corrected chi connectivity index (χ0v) is 12.6. The molecule has 1 N–H and O–H groups in total. The third-order valence-electron chi connectivity index (χ3n) is 3.69. The number of thiazole rings is 1. The minimum atomic E-state index is -0.0615. The van der Waals surface area contributed by atoms with Gasteiger partial charge < -0.3 is 0 Å². The highest BCUT2D eigenvalue weighted by molar-refractivity contribution is 7.15. The summed E-state index contributed by atoms with van der Waals surface area (Å²) >= 11 is 1.62. The van der Waals surface area contributed by atoms with Crippen molar-refractivity contribution in [3.8, 4) is 0 Å². The summed E-state index contributed by atoms with van der Waals surface area (Å²) in [6.45, 7) is 4.00. The number of amides is 1. The fraction of sp³-hybridized carbons (Fsp3) is 0.375. The van der Waals surface area contributed by atoms with E-state index in [9.17, 15) is 4.79 Å². The molecule has 0 unspecified atom stereocenters. The Hall–Kier alpha value is -1.68. The van der Waals surface area contributed by atoms with Crippen LogP contribution in [0.25, 0.3) is 0 Å². The fourth-order valence-corrected chi connectivity index (χ4v) is 3.68. The number of benzene rings is 1. The van der Waals surface area contributed by atoms with E-state index in [0.717, 1.165) is 29.1 Å². The number of hydrogen-bond donors (Lipinski definition) is 1. The Morgan fingerprint density at radius 2 is 2.05 bits per heavy atom. The maximum absolute atomic E-state index is 12.3. The van der Waals surface area contributed by atoms with Crippen molar-refractivity contribution < 1.29 is 4.79 Å². The van der Waals surface area contributed by atoms with Crippen LogP contribution in [0.4, 0.5) is 5.13 Å². The lowest BCUT2D eigenvalue weighted by molar-refractivity contribution is 0.102. The largest absolute Gasteiger partial charge is 0.298 e. The van der Waals surface area contributed by atoms with Crippen molar-refractivity contribution in [1.82, 2.24) is 4.98 Å². The lowest BCUT2D eigenvalue weighted by Crippen LogP contribution is -2.13. The number of nitrogens with one attached hydrogen (secondary N) is 1. The van der Waals surface area contributed by atoms with Crippen LogP contribution in [0.1, 0.15) is 44.9 Å². The molecule has 104 valence electrons. The molecule has 20 heavy (non-hydrogen) atoms. The van der Waals surface area contributed by atoms with Crippen LogP contribution in [0, 0.1) is 13.8 Å². The second-order valence-electron chi connectivity index (χ2n) is 5.37. The minimum Gasteiger partial charge on any atom is -0.298 e. The van der Waals surface area contributed by atoms with E-state index in [0.29, 0.717) is 0 Å². The highest BCUT2D eigenvalue weighted by atomic mass is 32.1. The van der Waals surface area contributed by atoms with E-state index in [2.05, 4.69) is 10.3 Å². The molecule has 1 aliphatic rings. The number of aromatic nitrogens is 1. The number of aryl methyl sites for hydroxylation is 4. The second kappa shape index (κ2) is 5.37. The molecule has 1 amide bonds. The summed E-state index contributed by atoms with van der Waals surface area (Å²) < 4.78 is 0. The van der Waals surface area contributed by atoms with Crippen LogP contribution in [0.3, 0.4) is 0 Å². The Labute approximate surface area is 123 Å². The van der Waals surface area contributed by atoms with Crippen LogP contribution < -0.4 is 5.32 Å². The molecule has 0 saturated carbocycles. The van der Waals surface area contributed by atoms with Gasteiger partial charge in [0.1, 0.15) is 0 Å². The second-order valence-corrected chi connectivity index (χ2v) is 6.45. The van der Waals surface area contributed by atoms with Gasteiger partial charge in [-0.05, 0) is 51.2 Å². The van der Waals surface area contributed by atoms with E-state index >= 15 is 0 Å². The number of carbonyl (C=O) groups is 1. The number of nitrogens with zero attached hydrogens (tertiary/aromatic N) is 1. The van der Waals surface area contributed by atoms with Gasteiger partial charge in [-0.15, -0.1) is 11.3 Å². The van der Waals surface area contributed by atoms with E-state index < -0.39 is 0 Å². The molecule has 1 aromatic heterocycles. The molecule has 3 rings (SSSR count). The number of anilines is 1. The lowest BCUT2D eigenvalue weighted by atomic mass is 10.0. The molecule has 0 aliphatic heterocycles. The molecule has 0 spiro atoms. The normalized spacial score (nSPS) is 13.9. The summed E-state index contributed by atoms with van der Waals surface area (Å²) in [6.07, 6.45) is 4.60. The topological polar surface area (TPSA) is 42.0 Å². The molecule has 4 heteroatoms. The Balaban J connectivity index is 1.80. The maximum Gasteiger partial charge on any atom is 0.257 e. The van der Waals surface area contributed by atoms with Crippen molar-refractivity contribution in [3.05, 3.63) is 45.5 Å². The van der Waals surface area contributed by atoms with Crippen LogP contribution in [0.2, 0.25) is 0 Å². The van der Waals surface area contributed by atoms with Gasteiger partial charge in [0.2, 0.25) is 0 Å². The van der Waals surface area contributed by atoms with Gasteiger partial charge >= 0.3 is 0 Å². The third kappa shape index (κ3) is 2.61. The molecule has 1 aromatic carbocycles. The summed E-state index contributed by atoms with van der Waals surface area (Å²) in [4.78, 5) is 18.2.